The van der Waals surface area contributed by atoms with Crippen LogP contribution in [0.25, 0.3) is 0 Å². The Kier molecular flexibility index (Phi) is 2.89. The highest BCUT2D eigenvalue weighted by molar-refractivity contribution is 6.00. The Morgan fingerprint density at radius 1 is 1.10 bits per heavy atom. The molecule has 3 rings (SSSR count). The van der Waals surface area contributed by atoms with Gasteiger partial charge < -0.3 is 9.84 Å². The molecular weight excluding hydrogens is 266 g/mol. The molecule has 2 aromatic rings. The summed E-state index contributed by atoms with van der Waals surface area (Å²) in [4.78, 5) is 12.0. The maximum atomic E-state index is 13.2. The highest BCUT2D eigenvalue weighted by atomic mass is 19.1. The van der Waals surface area contributed by atoms with Crippen molar-refractivity contribution in [1.82, 2.24) is 0 Å². The molecule has 1 unspecified atom stereocenters. The monoisotopic (exact) mass is 276 g/mol. The minimum absolute atomic E-state index is 0.0284. The number of phenolic OH excluding ortho intramolecular Hbond substituents is 1. The van der Waals surface area contributed by atoms with E-state index >= 15 is 0 Å². The number of benzene rings is 2. The first-order valence-corrected chi connectivity index (χ1v) is 6.02. The van der Waals surface area contributed by atoms with Crippen LogP contribution < -0.4 is 4.74 Å². The van der Waals surface area contributed by atoms with Gasteiger partial charge in [0.15, 0.2) is 5.78 Å². The minimum Gasteiger partial charge on any atom is -0.508 e. The van der Waals surface area contributed by atoms with E-state index in [-0.39, 0.29) is 29.1 Å². The lowest BCUT2D eigenvalue weighted by Crippen LogP contribution is -2.20. The van der Waals surface area contributed by atoms with E-state index in [1.807, 2.05) is 0 Å². The van der Waals surface area contributed by atoms with E-state index in [9.17, 15) is 18.7 Å². The molecule has 1 N–H and O–H groups in total. The normalized spacial score (nSPS) is 17.5. The molecule has 0 spiro atoms. The molecule has 0 saturated carbocycles. The summed E-state index contributed by atoms with van der Waals surface area (Å²) in [6.45, 7) is 0. The van der Waals surface area contributed by atoms with Gasteiger partial charge >= 0.3 is 0 Å². The van der Waals surface area contributed by atoms with Gasteiger partial charge in [0.1, 0.15) is 29.2 Å². The number of halogens is 2. The zero-order chi connectivity index (χ0) is 14.3. The van der Waals surface area contributed by atoms with Crippen LogP contribution in [0, 0.1) is 11.6 Å². The predicted molar refractivity (Wildman–Crippen MR) is 66.8 cm³/mol. The van der Waals surface area contributed by atoms with E-state index in [2.05, 4.69) is 0 Å². The molecule has 2 aromatic carbocycles. The third-order valence-corrected chi connectivity index (χ3v) is 3.16. The molecule has 0 aliphatic carbocycles. The molecule has 102 valence electrons. The molecule has 0 fully saturated rings. The van der Waals surface area contributed by atoms with Crippen LogP contribution >= 0.6 is 0 Å². The van der Waals surface area contributed by atoms with Crippen LogP contribution in [-0.2, 0) is 0 Å². The summed E-state index contributed by atoms with van der Waals surface area (Å²) in [5.41, 5.74) is 0.549. The number of hydrogen-bond donors (Lipinski definition) is 1. The molecule has 1 atom stereocenters. The second-order valence-electron chi connectivity index (χ2n) is 4.62. The van der Waals surface area contributed by atoms with E-state index < -0.39 is 17.7 Å². The standard InChI is InChI=1S/C15H10F2O3/c16-9-3-8(4-10(17)5-9)15-7-13(19)12-6-11(18)1-2-14(12)20-15/h1-6,15,18H,7H2. The SMILES string of the molecule is O=C1CC(c2cc(F)cc(F)c2)Oc2ccc(O)cc21. The average molecular weight is 276 g/mol. The van der Waals surface area contributed by atoms with Crippen LogP contribution in [0.4, 0.5) is 8.78 Å². The Morgan fingerprint density at radius 3 is 2.50 bits per heavy atom. The van der Waals surface area contributed by atoms with Crippen LogP contribution in [0.1, 0.15) is 28.4 Å². The van der Waals surface area contributed by atoms with Gasteiger partial charge in [0.2, 0.25) is 0 Å². The minimum atomic E-state index is -0.732. The molecule has 0 aromatic heterocycles. The van der Waals surface area contributed by atoms with Gasteiger partial charge in [0, 0.05) is 6.07 Å². The Hall–Kier alpha value is -2.43. The van der Waals surface area contributed by atoms with Gasteiger partial charge in [0.05, 0.1) is 12.0 Å². The smallest absolute Gasteiger partial charge is 0.170 e. The third kappa shape index (κ3) is 2.22. The lowest BCUT2D eigenvalue weighted by molar-refractivity contribution is 0.0848. The fourth-order valence-electron chi connectivity index (χ4n) is 2.26. The third-order valence-electron chi connectivity index (χ3n) is 3.16. The first kappa shape index (κ1) is 12.6. The highest BCUT2D eigenvalue weighted by Gasteiger charge is 2.28. The van der Waals surface area contributed by atoms with E-state index in [1.54, 1.807) is 0 Å². The lowest BCUT2D eigenvalue weighted by Gasteiger charge is -2.25. The van der Waals surface area contributed by atoms with E-state index in [4.69, 9.17) is 4.74 Å². The Labute approximate surface area is 113 Å². The van der Waals surface area contributed by atoms with E-state index in [1.165, 1.54) is 18.2 Å². The van der Waals surface area contributed by atoms with Gasteiger partial charge in [0.25, 0.3) is 0 Å². The molecule has 20 heavy (non-hydrogen) atoms. The Bertz CT molecular complexity index is 677. The van der Waals surface area contributed by atoms with Gasteiger partial charge in [-0.3, -0.25) is 4.79 Å². The summed E-state index contributed by atoms with van der Waals surface area (Å²) in [7, 11) is 0. The summed E-state index contributed by atoms with van der Waals surface area (Å²) in [6.07, 6.45) is -0.760. The van der Waals surface area contributed by atoms with Crippen molar-refractivity contribution in [3.8, 4) is 11.5 Å². The molecule has 5 heteroatoms. The van der Waals surface area contributed by atoms with Gasteiger partial charge in [-0.15, -0.1) is 0 Å². The summed E-state index contributed by atoms with van der Waals surface area (Å²) in [6, 6.07) is 7.23. The topological polar surface area (TPSA) is 46.5 Å². The number of carbonyl (C=O) groups excluding carboxylic acids is 1. The zero-order valence-corrected chi connectivity index (χ0v) is 10.3. The van der Waals surface area contributed by atoms with Crippen molar-refractivity contribution in [1.29, 1.82) is 0 Å². The van der Waals surface area contributed by atoms with Crippen molar-refractivity contribution in [2.75, 3.05) is 0 Å². The van der Waals surface area contributed by atoms with Crippen molar-refractivity contribution in [3.63, 3.8) is 0 Å². The van der Waals surface area contributed by atoms with Gasteiger partial charge in [-0.1, -0.05) is 0 Å². The molecule has 3 nitrogen and oxygen atoms in total. The quantitative estimate of drug-likeness (QED) is 0.868. The number of fused-ring (bicyclic) bond motifs is 1. The van der Waals surface area contributed by atoms with Crippen molar-refractivity contribution >= 4 is 5.78 Å². The van der Waals surface area contributed by atoms with Gasteiger partial charge in [-0.2, -0.15) is 0 Å². The first-order chi connectivity index (χ1) is 9.52. The fourth-order valence-corrected chi connectivity index (χ4v) is 2.26. The van der Waals surface area contributed by atoms with Crippen LogP contribution in [0.5, 0.6) is 11.5 Å². The Morgan fingerprint density at radius 2 is 1.80 bits per heavy atom. The first-order valence-electron chi connectivity index (χ1n) is 6.02. The van der Waals surface area contributed by atoms with Crippen LogP contribution in [0.3, 0.4) is 0 Å². The maximum absolute atomic E-state index is 13.2. The predicted octanol–water partition coefficient (Wildman–Crippen LogP) is 3.38. The summed E-state index contributed by atoms with van der Waals surface area (Å²) in [5, 5.41) is 9.35. The molecule has 0 saturated heterocycles. The Balaban J connectivity index is 1.99. The summed E-state index contributed by atoms with van der Waals surface area (Å²) >= 11 is 0. The second kappa shape index (κ2) is 4.59. The molecule has 1 heterocycles. The number of phenols is 1. The number of Topliss-reactive ketones (excluding diaryl/α,β-unsaturated/α-hetero) is 1. The summed E-state index contributed by atoms with van der Waals surface area (Å²) in [5.74, 6) is -1.40. The average Bonchev–Trinajstić information content (AvgIpc) is 2.38. The van der Waals surface area contributed by atoms with E-state index in [0.717, 1.165) is 18.2 Å². The molecule has 1 aliphatic rings. The van der Waals surface area contributed by atoms with Gasteiger partial charge in [-0.25, -0.2) is 8.78 Å². The van der Waals surface area contributed by atoms with Crippen molar-refractivity contribution in [3.05, 3.63) is 59.2 Å². The molecule has 1 aliphatic heterocycles. The van der Waals surface area contributed by atoms with E-state index in [0.29, 0.717) is 5.75 Å². The van der Waals surface area contributed by atoms with Crippen LogP contribution in [0.2, 0.25) is 0 Å². The number of carbonyl (C=O) groups is 1. The molecule has 0 radical (unpaired) electrons. The van der Waals surface area contributed by atoms with Crippen molar-refractivity contribution in [2.45, 2.75) is 12.5 Å². The van der Waals surface area contributed by atoms with Crippen LogP contribution in [0.15, 0.2) is 36.4 Å². The van der Waals surface area contributed by atoms with Crippen molar-refractivity contribution in [2.24, 2.45) is 0 Å². The lowest BCUT2D eigenvalue weighted by atomic mass is 9.96. The number of rotatable bonds is 1. The van der Waals surface area contributed by atoms with Crippen molar-refractivity contribution < 1.29 is 23.4 Å². The van der Waals surface area contributed by atoms with Gasteiger partial charge in [-0.05, 0) is 35.9 Å². The second-order valence-corrected chi connectivity index (χ2v) is 4.62. The zero-order valence-electron chi connectivity index (χ0n) is 10.3. The maximum Gasteiger partial charge on any atom is 0.170 e. The fraction of sp³-hybridized carbons (Fsp3) is 0.133. The molecule has 0 amide bonds. The largest absolute Gasteiger partial charge is 0.508 e. The number of ketones is 1. The number of ether oxygens (including phenoxy) is 1. The molecular formula is C15H10F2O3. The number of hydrogen-bond acceptors (Lipinski definition) is 3. The highest BCUT2D eigenvalue weighted by Crippen LogP contribution is 2.36. The van der Waals surface area contributed by atoms with Crippen LogP contribution in [-0.4, -0.2) is 10.9 Å². The number of aromatic hydroxyl groups is 1. The summed E-state index contributed by atoms with van der Waals surface area (Å²) < 4.78 is 32.0. The molecule has 0 bridgehead atoms.